The number of hydrogen-bond acceptors (Lipinski definition) is 3. The molecule has 0 radical (unpaired) electrons. The Morgan fingerprint density at radius 2 is 1.93 bits per heavy atom. The molecule has 2 N–H and O–H groups in total. The SMILES string of the molecule is CN(C)CCCN(C)CC1C=CC(N)C1. The Morgan fingerprint density at radius 3 is 2.47 bits per heavy atom. The lowest BCUT2D eigenvalue weighted by Crippen LogP contribution is -2.28. The molecule has 0 fully saturated rings. The van der Waals surface area contributed by atoms with Crippen LogP contribution in [0.15, 0.2) is 12.2 Å². The maximum Gasteiger partial charge on any atom is 0.0229 e. The Kier molecular flexibility index (Phi) is 5.29. The molecule has 0 spiro atoms. The summed E-state index contributed by atoms with van der Waals surface area (Å²) >= 11 is 0. The normalized spacial score (nSPS) is 25.7. The van der Waals surface area contributed by atoms with E-state index in [-0.39, 0.29) is 0 Å². The van der Waals surface area contributed by atoms with Crippen LogP contribution < -0.4 is 5.73 Å². The summed E-state index contributed by atoms with van der Waals surface area (Å²) in [6.45, 7) is 3.50. The predicted molar refractivity (Wildman–Crippen MR) is 65.9 cm³/mol. The van der Waals surface area contributed by atoms with Gasteiger partial charge in [0.1, 0.15) is 0 Å². The Morgan fingerprint density at radius 1 is 1.20 bits per heavy atom. The zero-order chi connectivity index (χ0) is 11.3. The monoisotopic (exact) mass is 211 g/mol. The van der Waals surface area contributed by atoms with Crippen LogP contribution in [0.1, 0.15) is 12.8 Å². The summed E-state index contributed by atoms with van der Waals surface area (Å²) in [7, 11) is 6.45. The number of nitrogens with two attached hydrogens (primary N) is 1. The average Bonchev–Trinajstić information content (AvgIpc) is 2.50. The van der Waals surface area contributed by atoms with Crippen molar-refractivity contribution in [2.24, 2.45) is 11.7 Å². The third-order valence-electron chi connectivity index (χ3n) is 2.90. The molecule has 0 saturated heterocycles. The van der Waals surface area contributed by atoms with Gasteiger partial charge in [0.25, 0.3) is 0 Å². The van der Waals surface area contributed by atoms with Crippen LogP contribution in [-0.4, -0.2) is 56.6 Å². The molecule has 0 aromatic heterocycles. The van der Waals surface area contributed by atoms with Crippen LogP contribution in [0, 0.1) is 5.92 Å². The van der Waals surface area contributed by atoms with E-state index in [9.17, 15) is 0 Å². The van der Waals surface area contributed by atoms with Crippen molar-refractivity contribution in [3.63, 3.8) is 0 Å². The summed E-state index contributed by atoms with van der Waals surface area (Å²) in [6.07, 6.45) is 6.77. The van der Waals surface area contributed by atoms with Gasteiger partial charge in [0.2, 0.25) is 0 Å². The molecule has 3 nitrogen and oxygen atoms in total. The molecule has 15 heavy (non-hydrogen) atoms. The van der Waals surface area contributed by atoms with E-state index < -0.39 is 0 Å². The largest absolute Gasteiger partial charge is 0.324 e. The van der Waals surface area contributed by atoms with Crippen LogP contribution in [0.5, 0.6) is 0 Å². The van der Waals surface area contributed by atoms with Crippen LogP contribution in [0.4, 0.5) is 0 Å². The van der Waals surface area contributed by atoms with Crippen molar-refractivity contribution in [3.05, 3.63) is 12.2 Å². The minimum absolute atomic E-state index is 0.296. The minimum Gasteiger partial charge on any atom is -0.324 e. The highest BCUT2D eigenvalue weighted by Crippen LogP contribution is 2.16. The van der Waals surface area contributed by atoms with Crippen LogP contribution in [0.3, 0.4) is 0 Å². The van der Waals surface area contributed by atoms with Crippen molar-refractivity contribution in [3.8, 4) is 0 Å². The Hall–Kier alpha value is -0.380. The summed E-state index contributed by atoms with van der Waals surface area (Å²) in [5.74, 6) is 0.671. The second kappa shape index (κ2) is 6.26. The smallest absolute Gasteiger partial charge is 0.0229 e. The second-order valence-electron chi connectivity index (χ2n) is 4.96. The van der Waals surface area contributed by atoms with Gasteiger partial charge in [-0.2, -0.15) is 0 Å². The second-order valence-corrected chi connectivity index (χ2v) is 4.96. The third kappa shape index (κ3) is 5.30. The van der Waals surface area contributed by atoms with Gasteiger partial charge in [-0.25, -0.2) is 0 Å². The van der Waals surface area contributed by atoms with E-state index in [0.717, 1.165) is 13.0 Å². The summed E-state index contributed by atoms with van der Waals surface area (Å²) in [5, 5.41) is 0. The molecule has 0 aromatic carbocycles. The zero-order valence-electron chi connectivity index (χ0n) is 10.3. The first kappa shape index (κ1) is 12.7. The first-order valence-electron chi connectivity index (χ1n) is 5.85. The van der Waals surface area contributed by atoms with E-state index in [4.69, 9.17) is 5.73 Å². The van der Waals surface area contributed by atoms with Crippen molar-refractivity contribution >= 4 is 0 Å². The van der Waals surface area contributed by atoms with E-state index >= 15 is 0 Å². The molecule has 1 aliphatic carbocycles. The Balaban J connectivity index is 2.08. The van der Waals surface area contributed by atoms with Crippen molar-refractivity contribution in [2.75, 3.05) is 40.8 Å². The van der Waals surface area contributed by atoms with Crippen LogP contribution in [0.25, 0.3) is 0 Å². The van der Waals surface area contributed by atoms with Crippen LogP contribution in [0.2, 0.25) is 0 Å². The van der Waals surface area contributed by atoms with Crippen molar-refractivity contribution in [1.29, 1.82) is 0 Å². The highest BCUT2D eigenvalue weighted by molar-refractivity contribution is 5.05. The fraction of sp³-hybridized carbons (Fsp3) is 0.833. The fourth-order valence-electron chi connectivity index (χ4n) is 2.09. The summed E-state index contributed by atoms with van der Waals surface area (Å²) in [4.78, 5) is 4.65. The van der Waals surface area contributed by atoms with Crippen LogP contribution >= 0.6 is 0 Å². The van der Waals surface area contributed by atoms with Gasteiger partial charge in [-0.1, -0.05) is 12.2 Å². The molecule has 1 rings (SSSR count). The highest BCUT2D eigenvalue weighted by Gasteiger charge is 2.16. The zero-order valence-corrected chi connectivity index (χ0v) is 10.3. The summed E-state index contributed by atoms with van der Waals surface area (Å²) < 4.78 is 0. The molecule has 1 aliphatic rings. The predicted octanol–water partition coefficient (Wildman–Crippen LogP) is 0.773. The number of nitrogens with zero attached hydrogens (tertiary/aromatic N) is 2. The van der Waals surface area contributed by atoms with Crippen LogP contribution in [-0.2, 0) is 0 Å². The Bertz CT molecular complexity index is 201. The molecule has 0 heterocycles. The lowest BCUT2D eigenvalue weighted by molar-refractivity contribution is 0.274. The van der Waals surface area contributed by atoms with Gasteiger partial charge in [-0.3, -0.25) is 0 Å². The van der Waals surface area contributed by atoms with Gasteiger partial charge < -0.3 is 15.5 Å². The molecule has 88 valence electrons. The maximum absolute atomic E-state index is 5.83. The first-order chi connectivity index (χ1) is 7.08. The highest BCUT2D eigenvalue weighted by atomic mass is 15.1. The van der Waals surface area contributed by atoms with Gasteiger partial charge in [0.15, 0.2) is 0 Å². The standard InChI is InChI=1S/C12H25N3/c1-14(2)7-4-8-15(3)10-11-5-6-12(13)9-11/h5-6,11-12H,4,7-10,13H2,1-3H3. The first-order valence-corrected chi connectivity index (χ1v) is 5.85. The van der Waals surface area contributed by atoms with Gasteiger partial charge in [-0.15, -0.1) is 0 Å². The number of rotatable bonds is 6. The van der Waals surface area contributed by atoms with E-state index in [1.807, 2.05) is 0 Å². The number of hydrogen-bond donors (Lipinski definition) is 1. The molecule has 0 aromatic rings. The van der Waals surface area contributed by atoms with E-state index in [0.29, 0.717) is 12.0 Å². The van der Waals surface area contributed by atoms with E-state index in [2.05, 4.69) is 43.1 Å². The van der Waals surface area contributed by atoms with Crippen molar-refractivity contribution in [1.82, 2.24) is 9.80 Å². The van der Waals surface area contributed by atoms with Crippen molar-refractivity contribution < 1.29 is 0 Å². The Labute approximate surface area is 93.9 Å². The summed E-state index contributed by atoms with van der Waals surface area (Å²) in [6, 6.07) is 0.296. The third-order valence-corrected chi connectivity index (χ3v) is 2.90. The van der Waals surface area contributed by atoms with Gasteiger partial charge >= 0.3 is 0 Å². The molecule has 0 bridgehead atoms. The quantitative estimate of drug-likeness (QED) is 0.659. The molecular formula is C12H25N3. The molecule has 3 heteroatoms. The average molecular weight is 211 g/mol. The molecule has 2 atom stereocenters. The molecule has 0 aliphatic heterocycles. The van der Waals surface area contributed by atoms with E-state index in [1.165, 1.54) is 19.5 Å². The van der Waals surface area contributed by atoms with Gasteiger partial charge in [0, 0.05) is 12.6 Å². The van der Waals surface area contributed by atoms with E-state index in [1.54, 1.807) is 0 Å². The molecular weight excluding hydrogens is 186 g/mol. The summed E-state index contributed by atoms with van der Waals surface area (Å²) in [5.41, 5.74) is 5.83. The molecule has 0 amide bonds. The fourth-order valence-corrected chi connectivity index (χ4v) is 2.09. The maximum atomic E-state index is 5.83. The molecule has 0 saturated carbocycles. The van der Waals surface area contributed by atoms with Gasteiger partial charge in [-0.05, 0) is 53.0 Å². The van der Waals surface area contributed by atoms with Gasteiger partial charge in [0.05, 0.1) is 0 Å². The topological polar surface area (TPSA) is 32.5 Å². The minimum atomic E-state index is 0.296. The molecule has 2 unspecified atom stereocenters. The van der Waals surface area contributed by atoms with Crippen molar-refractivity contribution in [2.45, 2.75) is 18.9 Å². The lowest BCUT2D eigenvalue weighted by Gasteiger charge is -2.21. The lowest BCUT2D eigenvalue weighted by atomic mass is 10.1.